The summed E-state index contributed by atoms with van der Waals surface area (Å²) in [5, 5.41) is 14.1. The van der Waals surface area contributed by atoms with Crippen molar-refractivity contribution in [1.29, 1.82) is 0 Å². The molecule has 0 aliphatic heterocycles. The normalized spacial score (nSPS) is 39.2. The van der Waals surface area contributed by atoms with E-state index in [-0.39, 0.29) is 11.3 Å². The fraction of sp³-hybridized carbons (Fsp3) is 0.750. The number of aliphatic hydroxyl groups is 1. The van der Waals surface area contributed by atoms with Crippen LogP contribution in [0.2, 0.25) is 4.34 Å². The standard InChI is InChI=1S/C16H21ClN2O2S/c17-12-8-18-14(22-12)19-13(20)1-2-15-4-10-3-11(5-15)7-16(21,6-10)9-15/h8,10-11,21H,1-7,9H2,(H,18,19,20). The molecule has 120 valence electrons. The molecule has 5 rings (SSSR count). The highest BCUT2D eigenvalue weighted by Gasteiger charge is 2.56. The summed E-state index contributed by atoms with van der Waals surface area (Å²) in [5.74, 6) is 1.35. The molecule has 4 nitrogen and oxygen atoms in total. The number of hydrogen-bond donors (Lipinski definition) is 2. The van der Waals surface area contributed by atoms with Crippen LogP contribution in [-0.2, 0) is 4.79 Å². The van der Waals surface area contributed by atoms with Crippen LogP contribution in [0.15, 0.2) is 6.20 Å². The van der Waals surface area contributed by atoms with Gasteiger partial charge in [0, 0.05) is 6.42 Å². The lowest BCUT2D eigenvalue weighted by Crippen LogP contribution is -2.55. The first kappa shape index (κ1) is 14.9. The molecule has 4 aliphatic rings. The first-order valence-electron chi connectivity index (χ1n) is 8.07. The van der Waals surface area contributed by atoms with E-state index < -0.39 is 5.60 Å². The van der Waals surface area contributed by atoms with E-state index in [1.807, 2.05) is 0 Å². The van der Waals surface area contributed by atoms with E-state index >= 15 is 0 Å². The molecule has 0 radical (unpaired) electrons. The maximum Gasteiger partial charge on any atom is 0.226 e. The molecule has 2 unspecified atom stereocenters. The molecule has 1 aromatic heterocycles. The van der Waals surface area contributed by atoms with Gasteiger partial charge in [-0.15, -0.1) is 0 Å². The van der Waals surface area contributed by atoms with Gasteiger partial charge >= 0.3 is 0 Å². The van der Waals surface area contributed by atoms with Gasteiger partial charge in [0.05, 0.1) is 11.8 Å². The highest BCUT2D eigenvalue weighted by molar-refractivity contribution is 7.19. The minimum atomic E-state index is -0.441. The fourth-order valence-corrected chi connectivity index (χ4v) is 6.40. The summed E-state index contributed by atoms with van der Waals surface area (Å²) in [5.41, 5.74) is -0.250. The molecule has 4 saturated carbocycles. The molecule has 1 amide bonds. The third kappa shape index (κ3) is 2.79. The molecule has 2 N–H and O–H groups in total. The number of hydrogen-bond acceptors (Lipinski definition) is 4. The molecule has 1 heterocycles. The van der Waals surface area contributed by atoms with Crippen molar-refractivity contribution in [3.63, 3.8) is 0 Å². The Bertz CT molecular complexity index is 589. The smallest absolute Gasteiger partial charge is 0.226 e. The predicted octanol–water partition coefficient (Wildman–Crippen LogP) is 3.85. The maximum atomic E-state index is 12.1. The SMILES string of the molecule is O=C(CCC12CC3CC(CC(O)(C3)C1)C2)Nc1ncc(Cl)s1. The first-order valence-corrected chi connectivity index (χ1v) is 9.27. The highest BCUT2D eigenvalue weighted by Crippen LogP contribution is 2.63. The Balaban J connectivity index is 1.38. The molecular weight excluding hydrogens is 320 g/mol. The third-order valence-corrected chi connectivity index (χ3v) is 6.79. The van der Waals surface area contributed by atoms with Gasteiger partial charge in [0.25, 0.3) is 0 Å². The van der Waals surface area contributed by atoms with Crippen LogP contribution >= 0.6 is 22.9 Å². The van der Waals surface area contributed by atoms with Crippen molar-refractivity contribution in [2.24, 2.45) is 17.3 Å². The second-order valence-electron chi connectivity index (χ2n) is 7.70. The number of thiazole rings is 1. The molecule has 0 saturated heterocycles. The number of carbonyl (C=O) groups is 1. The Labute approximate surface area is 139 Å². The van der Waals surface area contributed by atoms with Gasteiger partial charge in [0.2, 0.25) is 5.91 Å². The third-order valence-electron chi connectivity index (χ3n) is 5.76. The summed E-state index contributed by atoms with van der Waals surface area (Å²) in [4.78, 5) is 16.2. The number of amides is 1. The minimum Gasteiger partial charge on any atom is -0.390 e. The Hall–Kier alpha value is -0.650. The Morgan fingerprint density at radius 3 is 2.73 bits per heavy atom. The molecule has 6 heteroatoms. The van der Waals surface area contributed by atoms with Crippen molar-refractivity contribution in [3.05, 3.63) is 10.5 Å². The van der Waals surface area contributed by atoms with Crippen molar-refractivity contribution in [1.82, 2.24) is 4.98 Å². The van der Waals surface area contributed by atoms with Crippen LogP contribution in [0.25, 0.3) is 0 Å². The summed E-state index contributed by atoms with van der Waals surface area (Å²) in [6.45, 7) is 0. The summed E-state index contributed by atoms with van der Waals surface area (Å²) in [7, 11) is 0. The largest absolute Gasteiger partial charge is 0.390 e. The van der Waals surface area contributed by atoms with E-state index in [9.17, 15) is 9.90 Å². The summed E-state index contributed by atoms with van der Waals surface area (Å²) >= 11 is 7.11. The van der Waals surface area contributed by atoms with Crippen LogP contribution in [0.5, 0.6) is 0 Å². The van der Waals surface area contributed by atoms with Crippen molar-refractivity contribution < 1.29 is 9.90 Å². The zero-order valence-corrected chi connectivity index (χ0v) is 14.1. The molecule has 0 aromatic carbocycles. The average Bonchev–Trinajstić information content (AvgIpc) is 2.79. The number of carbonyl (C=O) groups excluding carboxylic acids is 1. The van der Waals surface area contributed by atoms with Gasteiger partial charge < -0.3 is 10.4 Å². The van der Waals surface area contributed by atoms with E-state index in [1.165, 1.54) is 30.6 Å². The van der Waals surface area contributed by atoms with Gasteiger partial charge in [-0.3, -0.25) is 4.79 Å². The van der Waals surface area contributed by atoms with Crippen molar-refractivity contribution >= 4 is 34.0 Å². The van der Waals surface area contributed by atoms with Crippen LogP contribution in [-0.4, -0.2) is 21.6 Å². The van der Waals surface area contributed by atoms with Gasteiger partial charge in [0.15, 0.2) is 5.13 Å². The molecular formula is C16H21ClN2O2S. The van der Waals surface area contributed by atoms with E-state index in [1.54, 1.807) is 6.20 Å². The Kier molecular flexibility index (Phi) is 3.51. The van der Waals surface area contributed by atoms with Gasteiger partial charge in [-0.1, -0.05) is 22.9 Å². The van der Waals surface area contributed by atoms with Crippen LogP contribution in [0.3, 0.4) is 0 Å². The molecule has 4 bridgehead atoms. The minimum absolute atomic E-state index is 0.00810. The van der Waals surface area contributed by atoms with Crippen molar-refractivity contribution in [3.8, 4) is 0 Å². The molecule has 0 spiro atoms. The zero-order chi connectivity index (χ0) is 15.4. The number of anilines is 1. The van der Waals surface area contributed by atoms with Crippen LogP contribution in [0.1, 0.15) is 51.4 Å². The number of nitrogens with one attached hydrogen (secondary N) is 1. The van der Waals surface area contributed by atoms with E-state index in [0.29, 0.717) is 27.7 Å². The molecule has 2 atom stereocenters. The average molecular weight is 341 g/mol. The second-order valence-corrected chi connectivity index (χ2v) is 9.37. The second kappa shape index (κ2) is 5.18. The lowest BCUT2D eigenvalue weighted by atomic mass is 9.47. The lowest BCUT2D eigenvalue weighted by molar-refractivity contribution is -0.166. The van der Waals surface area contributed by atoms with Crippen molar-refractivity contribution in [2.45, 2.75) is 57.0 Å². The summed E-state index contributed by atoms with van der Waals surface area (Å²) < 4.78 is 0.582. The fourth-order valence-electron chi connectivity index (χ4n) is 5.57. The quantitative estimate of drug-likeness (QED) is 0.875. The predicted molar refractivity (Wildman–Crippen MR) is 87.1 cm³/mol. The van der Waals surface area contributed by atoms with Gasteiger partial charge in [-0.25, -0.2) is 4.98 Å². The monoisotopic (exact) mass is 340 g/mol. The van der Waals surface area contributed by atoms with Crippen LogP contribution < -0.4 is 5.32 Å². The Morgan fingerprint density at radius 2 is 2.14 bits per heavy atom. The number of halogens is 1. The molecule has 4 fully saturated rings. The molecule has 4 aliphatic carbocycles. The molecule has 1 aromatic rings. The van der Waals surface area contributed by atoms with E-state index in [2.05, 4.69) is 10.3 Å². The van der Waals surface area contributed by atoms with Gasteiger partial charge in [-0.05, 0) is 62.2 Å². The highest BCUT2D eigenvalue weighted by atomic mass is 35.5. The number of aromatic nitrogens is 1. The topological polar surface area (TPSA) is 62.2 Å². The van der Waals surface area contributed by atoms with Crippen LogP contribution in [0, 0.1) is 17.3 Å². The van der Waals surface area contributed by atoms with Crippen LogP contribution in [0.4, 0.5) is 5.13 Å². The maximum absolute atomic E-state index is 12.1. The number of nitrogens with zero attached hydrogens (tertiary/aromatic N) is 1. The first-order chi connectivity index (χ1) is 10.4. The zero-order valence-electron chi connectivity index (χ0n) is 12.5. The van der Waals surface area contributed by atoms with Gasteiger partial charge in [0.1, 0.15) is 4.34 Å². The lowest BCUT2D eigenvalue weighted by Gasteiger charge is -2.60. The van der Waals surface area contributed by atoms with Crippen molar-refractivity contribution in [2.75, 3.05) is 5.32 Å². The Morgan fingerprint density at radius 1 is 1.41 bits per heavy atom. The van der Waals surface area contributed by atoms with Gasteiger partial charge in [-0.2, -0.15) is 0 Å². The molecule has 22 heavy (non-hydrogen) atoms. The van der Waals surface area contributed by atoms with E-state index in [0.717, 1.165) is 25.7 Å². The number of rotatable bonds is 4. The van der Waals surface area contributed by atoms with E-state index in [4.69, 9.17) is 11.6 Å². The summed E-state index contributed by atoms with van der Waals surface area (Å²) in [6, 6.07) is 0. The summed E-state index contributed by atoms with van der Waals surface area (Å²) in [6.07, 6.45) is 9.47.